The van der Waals surface area contributed by atoms with Gasteiger partial charge in [-0.05, 0) is 50.9 Å². The molecule has 2 aromatic rings. The van der Waals surface area contributed by atoms with Crippen molar-refractivity contribution in [2.45, 2.75) is 45.7 Å². The smallest absolute Gasteiger partial charge is 0.237 e. The normalized spacial score (nSPS) is 17.9. The second-order valence-corrected chi connectivity index (χ2v) is 6.19. The minimum absolute atomic E-state index is 0.0513. The van der Waals surface area contributed by atoms with Crippen LogP contribution in [0.4, 0.5) is 0 Å². The summed E-state index contributed by atoms with van der Waals surface area (Å²) in [6, 6.07) is 10.1. The van der Waals surface area contributed by atoms with Gasteiger partial charge in [0.1, 0.15) is 0 Å². The van der Waals surface area contributed by atoms with Crippen molar-refractivity contribution in [2.75, 3.05) is 6.54 Å². The first-order chi connectivity index (χ1) is 11.1. The van der Waals surface area contributed by atoms with Gasteiger partial charge >= 0.3 is 0 Å². The Labute approximate surface area is 137 Å². The number of piperidine rings is 1. The summed E-state index contributed by atoms with van der Waals surface area (Å²) in [4.78, 5) is 12.3. The number of carbonyl (C=O) groups is 1. The molecule has 0 radical (unpaired) electrons. The fourth-order valence-electron chi connectivity index (χ4n) is 3.12. The van der Waals surface area contributed by atoms with E-state index >= 15 is 0 Å². The zero-order valence-corrected chi connectivity index (χ0v) is 13.8. The molecule has 5 heteroatoms. The predicted molar refractivity (Wildman–Crippen MR) is 90.5 cm³/mol. The van der Waals surface area contributed by atoms with Crippen LogP contribution in [-0.4, -0.2) is 28.3 Å². The number of nitrogens with one attached hydrogen (secondary N) is 2. The molecule has 0 spiro atoms. The Bertz CT molecular complexity index is 686. The fourth-order valence-corrected chi connectivity index (χ4v) is 3.12. The van der Waals surface area contributed by atoms with Crippen molar-refractivity contribution in [2.24, 2.45) is 0 Å². The van der Waals surface area contributed by atoms with Gasteiger partial charge in [0.15, 0.2) is 0 Å². The largest absolute Gasteiger partial charge is 0.351 e. The molecule has 23 heavy (non-hydrogen) atoms. The molecule has 1 aromatic carbocycles. The highest BCUT2D eigenvalue weighted by Gasteiger charge is 2.20. The molecule has 5 nitrogen and oxygen atoms in total. The van der Waals surface area contributed by atoms with Crippen molar-refractivity contribution in [1.82, 2.24) is 20.4 Å². The van der Waals surface area contributed by atoms with Crippen molar-refractivity contribution in [1.29, 1.82) is 0 Å². The van der Waals surface area contributed by atoms with Gasteiger partial charge in [-0.2, -0.15) is 5.10 Å². The summed E-state index contributed by atoms with van der Waals surface area (Å²) in [5.74, 6) is 0.0906. The SMILES string of the molecule is Cc1cc(C)n(-c2ccccc2CNC(=O)C2CCCCN2)n1. The van der Waals surface area contributed by atoms with Crippen molar-refractivity contribution < 1.29 is 4.79 Å². The van der Waals surface area contributed by atoms with E-state index in [1.165, 1.54) is 0 Å². The Hall–Kier alpha value is -2.14. The number of benzene rings is 1. The van der Waals surface area contributed by atoms with E-state index in [0.29, 0.717) is 6.54 Å². The lowest BCUT2D eigenvalue weighted by molar-refractivity contribution is -0.123. The highest BCUT2D eigenvalue weighted by atomic mass is 16.2. The minimum atomic E-state index is -0.0513. The van der Waals surface area contributed by atoms with Crippen LogP contribution in [0.3, 0.4) is 0 Å². The van der Waals surface area contributed by atoms with Crippen molar-refractivity contribution in [3.05, 3.63) is 47.3 Å². The van der Waals surface area contributed by atoms with Gasteiger partial charge < -0.3 is 10.6 Å². The topological polar surface area (TPSA) is 59.0 Å². The highest BCUT2D eigenvalue weighted by Crippen LogP contribution is 2.17. The highest BCUT2D eigenvalue weighted by molar-refractivity contribution is 5.81. The predicted octanol–water partition coefficient (Wildman–Crippen LogP) is 2.25. The van der Waals surface area contributed by atoms with Crippen LogP contribution in [0.1, 0.15) is 36.2 Å². The van der Waals surface area contributed by atoms with Crippen LogP contribution in [0.15, 0.2) is 30.3 Å². The monoisotopic (exact) mass is 312 g/mol. The Morgan fingerprint density at radius 1 is 1.35 bits per heavy atom. The maximum Gasteiger partial charge on any atom is 0.237 e. The first-order valence-corrected chi connectivity index (χ1v) is 8.28. The van der Waals surface area contributed by atoms with Gasteiger partial charge in [-0.3, -0.25) is 4.79 Å². The first-order valence-electron chi connectivity index (χ1n) is 8.28. The van der Waals surface area contributed by atoms with Crippen LogP contribution in [0, 0.1) is 13.8 Å². The van der Waals surface area contributed by atoms with Crippen LogP contribution in [-0.2, 0) is 11.3 Å². The van der Waals surface area contributed by atoms with Crippen LogP contribution < -0.4 is 10.6 Å². The quantitative estimate of drug-likeness (QED) is 0.910. The molecule has 1 aliphatic rings. The molecule has 0 aliphatic carbocycles. The second kappa shape index (κ2) is 6.96. The summed E-state index contributed by atoms with van der Waals surface area (Å²) >= 11 is 0. The number of hydrogen-bond donors (Lipinski definition) is 2. The maximum absolute atomic E-state index is 12.3. The van der Waals surface area contributed by atoms with E-state index < -0.39 is 0 Å². The molecule has 1 unspecified atom stereocenters. The Kier molecular flexibility index (Phi) is 4.76. The van der Waals surface area contributed by atoms with Gasteiger partial charge in [0.05, 0.1) is 17.4 Å². The average molecular weight is 312 g/mol. The van der Waals surface area contributed by atoms with E-state index in [-0.39, 0.29) is 11.9 Å². The zero-order valence-electron chi connectivity index (χ0n) is 13.8. The Morgan fingerprint density at radius 2 is 2.17 bits per heavy atom. The van der Waals surface area contributed by atoms with Gasteiger partial charge in [0.2, 0.25) is 5.91 Å². The number of hydrogen-bond acceptors (Lipinski definition) is 3. The lowest BCUT2D eigenvalue weighted by atomic mass is 10.0. The summed E-state index contributed by atoms with van der Waals surface area (Å²) in [6.07, 6.45) is 3.20. The Morgan fingerprint density at radius 3 is 2.87 bits per heavy atom. The molecule has 0 bridgehead atoms. The second-order valence-electron chi connectivity index (χ2n) is 6.19. The number of nitrogens with zero attached hydrogens (tertiary/aromatic N) is 2. The molecular formula is C18H24N4O. The molecule has 0 saturated carbocycles. The van der Waals surface area contributed by atoms with Crippen LogP contribution in [0.2, 0.25) is 0 Å². The van der Waals surface area contributed by atoms with E-state index in [1.807, 2.05) is 42.8 Å². The summed E-state index contributed by atoms with van der Waals surface area (Å²) < 4.78 is 1.94. The van der Waals surface area contributed by atoms with Gasteiger partial charge in [-0.25, -0.2) is 4.68 Å². The minimum Gasteiger partial charge on any atom is -0.351 e. The van der Waals surface area contributed by atoms with Gasteiger partial charge in [-0.1, -0.05) is 24.6 Å². The Balaban J connectivity index is 1.73. The van der Waals surface area contributed by atoms with Crippen molar-refractivity contribution >= 4 is 5.91 Å². The van der Waals surface area contributed by atoms with Crippen LogP contribution in [0.5, 0.6) is 0 Å². The molecule has 1 saturated heterocycles. The fraction of sp³-hybridized carbons (Fsp3) is 0.444. The molecule has 2 heterocycles. The molecule has 1 aliphatic heterocycles. The molecule has 3 rings (SSSR count). The molecular weight excluding hydrogens is 288 g/mol. The summed E-state index contributed by atoms with van der Waals surface area (Å²) in [6.45, 7) is 5.48. The van der Waals surface area contributed by atoms with Gasteiger partial charge in [-0.15, -0.1) is 0 Å². The van der Waals surface area contributed by atoms with Crippen molar-refractivity contribution in [3.63, 3.8) is 0 Å². The third kappa shape index (κ3) is 3.62. The van der Waals surface area contributed by atoms with Crippen molar-refractivity contribution in [3.8, 4) is 5.69 Å². The number of para-hydroxylation sites is 1. The average Bonchev–Trinajstić information content (AvgIpc) is 2.92. The number of amides is 1. The summed E-state index contributed by atoms with van der Waals surface area (Å²) in [5.41, 5.74) is 4.18. The third-order valence-electron chi connectivity index (χ3n) is 4.31. The van der Waals surface area contributed by atoms with Crippen LogP contribution in [0.25, 0.3) is 5.69 Å². The van der Waals surface area contributed by atoms with E-state index in [0.717, 1.165) is 48.4 Å². The van der Waals surface area contributed by atoms with E-state index in [1.54, 1.807) is 0 Å². The third-order valence-corrected chi connectivity index (χ3v) is 4.31. The summed E-state index contributed by atoms with van der Waals surface area (Å²) in [7, 11) is 0. The van der Waals surface area contributed by atoms with Gasteiger partial charge in [0, 0.05) is 12.2 Å². The number of rotatable bonds is 4. The van der Waals surface area contributed by atoms with E-state index in [9.17, 15) is 4.79 Å². The number of carbonyl (C=O) groups excluding carboxylic acids is 1. The molecule has 1 aromatic heterocycles. The van der Waals surface area contributed by atoms with E-state index in [2.05, 4.69) is 21.8 Å². The lowest BCUT2D eigenvalue weighted by Gasteiger charge is -2.22. The molecule has 1 atom stereocenters. The standard InChI is InChI=1S/C18H24N4O/c1-13-11-14(2)22(21-13)17-9-4-3-7-15(17)12-20-18(23)16-8-5-6-10-19-16/h3-4,7,9,11,16,19H,5-6,8,10,12H2,1-2H3,(H,20,23). The lowest BCUT2D eigenvalue weighted by Crippen LogP contribution is -2.46. The molecule has 2 N–H and O–H groups in total. The molecule has 122 valence electrons. The van der Waals surface area contributed by atoms with Gasteiger partial charge in [0.25, 0.3) is 0 Å². The molecule has 1 fully saturated rings. The summed E-state index contributed by atoms with van der Waals surface area (Å²) in [5, 5.41) is 10.9. The van der Waals surface area contributed by atoms with E-state index in [4.69, 9.17) is 0 Å². The number of aromatic nitrogens is 2. The zero-order chi connectivity index (χ0) is 16.2. The molecule has 1 amide bonds. The maximum atomic E-state index is 12.3. The first kappa shape index (κ1) is 15.7. The number of aryl methyl sites for hydroxylation is 2. The van der Waals surface area contributed by atoms with Crippen LogP contribution >= 0.6 is 0 Å².